The number of anilines is 1. The van der Waals surface area contributed by atoms with Crippen LogP contribution in [0.25, 0.3) is 22.0 Å². The van der Waals surface area contributed by atoms with Crippen LogP contribution in [0, 0.1) is 0 Å². The van der Waals surface area contributed by atoms with E-state index in [-0.39, 0.29) is 18.7 Å². The Hall–Kier alpha value is -3.47. The number of hydrogen-bond donors (Lipinski definition) is 1. The average molecular weight is 547 g/mol. The Labute approximate surface area is 216 Å². The highest BCUT2D eigenvalue weighted by Gasteiger charge is 2.33. The highest BCUT2D eigenvalue weighted by atomic mass is 35.5. The number of hydrogen-bond acceptors (Lipinski definition) is 6. The number of halogens is 2. The quantitative estimate of drug-likeness (QED) is 0.353. The van der Waals surface area contributed by atoms with E-state index in [0.29, 0.717) is 20.9 Å². The van der Waals surface area contributed by atoms with Crippen LogP contribution in [0.5, 0.6) is 0 Å². The second-order valence-corrected chi connectivity index (χ2v) is 10.7. The van der Waals surface area contributed by atoms with Gasteiger partial charge in [-0.15, -0.1) is 5.10 Å². The summed E-state index contributed by atoms with van der Waals surface area (Å²) in [5.41, 5.74) is 1.61. The Bertz CT molecular complexity index is 1610. The Morgan fingerprint density at radius 3 is 2.33 bits per heavy atom. The van der Waals surface area contributed by atoms with Crippen molar-refractivity contribution in [1.29, 1.82) is 0 Å². The van der Waals surface area contributed by atoms with Crippen LogP contribution >= 0.6 is 23.2 Å². The molecule has 0 spiro atoms. The molecule has 1 N–H and O–H groups in total. The fourth-order valence-electron chi connectivity index (χ4n) is 3.83. The van der Waals surface area contributed by atoms with E-state index in [1.807, 2.05) is 0 Å². The van der Waals surface area contributed by atoms with E-state index in [1.165, 1.54) is 12.1 Å². The smallest absolute Gasteiger partial charge is 0.327 e. The van der Waals surface area contributed by atoms with Gasteiger partial charge in [0.1, 0.15) is 11.6 Å². The Morgan fingerprint density at radius 2 is 1.69 bits per heavy atom. The fraction of sp³-hybridized carbons (Fsp3) is 0.167. The van der Waals surface area contributed by atoms with Crippen molar-refractivity contribution in [3.8, 4) is 11.1 Å². The van der Waals surface area contributed by atoms with Gasteiger partial charge in [-0.25, -0.2) is 17.9 Å². The van der Waals surface area contributed by atoms with Gasteiger partial charge in [0.05, 0.1) is 27.4 Å². The molecule has 3 aromatic carbocycles. The zero-order valence-electron chi connectivity index (χ0n) is 18.9. The van der Waals surface area contributed by atoms with Gasteiger partial charge in [0, 0.05) is 6.54 Å². The molecule has 9 nitrogen and oxygen atoms in total. The first-order chi connectivity index (χ1) is 17.1. The number of benzene rings is 3. The molecular weight excluding hydrogens is 527 g/mol. The van der Waals surface area contributed by atoms with Gasteiger partial charge in [0.15, 0.2) is 0 Å². The van der Waals surface area contributed by atoms with Gasteiger partial charge in [0.2, 0.25) is 10.0 Å². The van der Waals surface area contributed by atoms with Crippen molar-refractivity contribution in [2.75, 3.05) is 10.6 Å². The van der Waals surface area contributed by atoms with Crippen molar-refractivity contribution in [2.45, 2.75) is 19.0 Å². The van der Waals surface area contributed by atoms with Crippen LogP contribution < -0.4 is 9.86 Å². The second kappa shape index (κ2) is 10.3. The fourth-order valence-corrected chi connectivity index (χ4v) is 5.30. The first-order valence-electron chi connectivity index (χ1n) is 10.7. The molecule has 0 amide bonds. The summed E-state index contributed by atoms with van der Waals surface area (Å²) in [7, 11) is -4.01. The number of fused-ring (bicyclic) bond motifs is 1. The van der Waals surface area contributed by atoms with E-state index in [2.05, 4.69) is 10.3 Å². The Kier molecular flexibility index (Phi) is 7.30. The molecule has 4 rings (SSSR count). The minimum Gasteiger partial charge on any atom is -0.480 e. The molecule has 1 aromatic heterocycles. The number of nitrogens with zero attached hydrogens (tertiary/aromatic N) is 4. The number of carboxylic acid groups (broad SMARTS) is 1. The van der Waals surface area contributed by atoms with Gasteiger partial charge in [-0.2, -0.15) is 0 Å². The van der Waals surface area contributed by atoms with Gasteiger partial charge >= 0.3 is 5.97 Å². The standard InChI is InChI=1S/C24H20Cl2N4O5S/c1-36(34,35)30(17-9-6-15(7-10-17)16-8-11-19(25)20(26)14-16)22(24(32)33)12-13-29-23(31)18-4-2-3-5-21(18)27-28-29/h2-11,14,22H,12-13H2,1H3,(H,32,33). The largest absolute Gasteiger partial charge is 0.480 e. The highest BCUT2D eigenvalue weighted by Crippen LogP contribution is 2.31. The van der Waals surface area contributed by atoms with Crippen LogP contribution in [0.1, 0.15) is 6.42 Å². The molecule has 0 saturated carbocycles. The molecule has 0 radical (unpaired) electrons. The summed E-state index contributed by atoms with van der Waals surface area (Å²) in [6.45, 7) is -0.152. The third-order valence-electron chi connectivity index (χ3n) is 5.54. The van der Waals surface area contributed by atoms with E-state index < -0.39 is 27.6 Å². The summed E-state index contributed by atoms with van der Waals surface area (Å²) in [5, 5.41) is 18.9. The zero-order chi connectivity index (χ0) is 26.0. The van der Waals surface area contributed by atoms with Crippen molar-refractivity contribution in [3.63, 3.8) is 0 Å². The number of aromatic nitrogens is 3. The summed E-state index contributed by atoms with van der Waals surface area (Å²) in [6, 6.07) is 16.6. The number of aliphatic carboxylic acids is 1. The SMILES string of the molecule is CS(=O)(=O)N(c1ccc(-c2ccc(Cl)c(Cl)c2)cc1)C(CCn1nnc2ccccc2c1=O)C(=O)O. The van der Waals surface area contributed by atoms with Crippen molar-refractivity contribution in [3.05, 3.63) is 87.1 Å². The van der Waals surface area contributed by atoms with E-state index in [4.69, 9.17) is 23.2 Å². The molecule has 1 heterocycles. The molecule has 0 aliphatic heterocycles. The van der Waals surface area contributed by atoms with Gasteiger partial charge < -0.3 is 5.11 Å². The summed E-state index contributed by atoms with van der Waals surface area (Å²) in [5.74, 6) is -1.37. The average Bonchev–Trinajstić information content (AvgIpc) is 2.84. The molecule has 186 valence electrons. The van der Waals surface area contributed by atoms with Gasteiger partial charge in [-0.05, 0) is 53.9 Å². The third-order valence-corrected chi connectivity index (χ3v) is 7.46. The van der Waals surface area contributed by atoms with Crippen molar-refractivity contribution >= 4 is 55.8 Å². The lowest BCUT2D eigenvalue weighted by Gasteiger charge is -2.29. The first-order valence-corrected chi connectivity index (χ1v) is 13.3. The molecule has 36 heavy (non-hydrogen) atoms. The minimum absolute atomic E-state index is 0.152. The molecule has 0 aliphatic rings. The molecule has 0 fully saturated rings. The van der Waals surface area contributed by atoms with E-state index in [1.54, 1.807) is 54.6 Å². The first kappa shape index (κ1) is 25.6. The van der Waals surface area contributed by atoms with Crippen LogP contribution in [0.2, 0.25) is 10.0 Å². The van der Waals surface area contributed by atoms with Crippen molar-refractivity contribution in [1.82, 2.24) is 15.0 Å². The number of carbonyl (C=O) groups is 1. The number of carboxylic acids is 1. The van der Waals surface area contributed by atoms with Crippen molar-refractivity contribution < 1.29 is 18.3 Å². The molecule has 0 saturated heterocycles. The molecule has 1 unspecified atom stereocenters. The third kappa shape index (κ3) is 5.35. The summed E-state index contributed by atoms with van der Waals surface area (Å²) in [6.07, 6.45) is 0.710. The van der Waals surface area contributed by atoms with Crippen LogP contribution in [0.3, 0.4) is 0 Å². The Balaban J connectivity index is 1.65. The number of aryl methyl sites for hydroxylation is 1. The predicted molar refractivity (Wildman–Crippen MR) is 139 cm³/mol. The lowest BCUT2D eigenvalue weighted by Crippen LogP contribution is -2.46. The van der Waals surface area contributed by atoms with E-state index in [9.17, 15) is 23.1 Å². The second-order valence-electron chi connectivity index (χ2n) is 8.01. The van der Waals surface area contributed by atoms with Crippen LogP contribution in [-0.4, -0.2) is 46.8 Å². The molecule has 0 aliphatic carbocycles. The Morgan fingerprint density at radius 1 is 1.03 bits per heavy atom. The van der Waals surface area contributed by atoms with Crippen LogP contribution in [0.4, 0.5) is 5.69 Å². The number of sulfonamides is 1. The molecule has 4 aromatic rings. The molecular formula is C24H20Cl2N4O5S. The maximum atomic E-state index is 12.7. The van der Waals surface area contributed by atoms with Gasteiger partial charge in [-0.3, -0.25) is 9.10 Å². The zero-order valence-corrected chi connectivity index (χ0v) is 21.2. The topological polar surface area (TPSA) is 122 Å². The maximum Gasteiger partial charge on any atom is 0.327 e. The monoisotopic (exact) mass is 546 g/mol. The van der Waals surface area contributed by atoms with E-state index >= 15 is 0 Å². The maximum absolute atomic E-state index is 12.7. The summed E-state index contributed by atoms with van der Waals surface area (Å²) < 4.78 is 27.3. The van der Waals surface area contributed by atoms with Crippen molar-refractivity contribution in [2.24, 2.45) is 0 Å². The minimum atomic E-state index is -4.01. The normalized spacial score (nSPS) is 12.4. The van der Waals surface area contributed by atoms with Gasteiger partial charge in [-0.1, -0.05) is 58.7 Å². The summed E-state index contributed by atoms with van der Waals surface area (Å²) in [4.78, 5) is 24.9. The highest BCUT2D eigenvalue weighted by molar-refractivity contribution is 7.92. The number of rotatable bonds is 8. The van der Waals surface area contributed by atoms with Crippen LogP contribution in [0.15, 0.2) is 71.5 Å². The molecule has 1 atom stereocenters. The lowest BCUT2D eigenvalue weighted by atomic mass is 10.1. The van der Waals surface area contributed by atoms with Gasteiger partial charge in [0.25, 0.3) is 5.56 Å². The molecule has 12 heteroatoms. The summed E-state index contributed by atoms with van der Waals surface area (Å²) >= 11 is 12.1. The molecule has 0 bridgehead atoms. The van der Waals surface area contributed by atoms with Crippen LogP contribution in [-0.2, 0) is 21.4 Å². The van der Waals surface area contributed by atoms with E-state index in [0.717, 1.165) is 26.4 Å². The predicted octanol–water partition coefficient (Wildman–Crippen LogP) is 4.07. The lowest BCUT2D eigenvalue weighted by molar-refractivity contribution is -0.138.